The van der Waals surface area contributed by atoms with E-state index in [2.05, 4.69) is 29.1 Å². The number of carboxylic acid groups (broad SMARTS) is 1. The van der Waals surface area contributed by atoms with Gasteiger partial charge in [0.1, 0.15) is 17.9 Å². The maximum absolute atomic E-state index is 11.8. The van der Waals surface area contributed by atoms with Crippen molar-refractivity contribution in [3.05, 3.63) is 88.1 Å². The topological polar surface area (TPSA) is 98.9 Å². The van der Waals surface area contributed by atoms with E-state index in [1.165, 1.54) is 39.6 Å². The minimum Gasteiger partial charge on any atom is -0.488 e. The van der Waals surface area contributed by atoms with E-state index in [4.69, 9.17) is 19.2 Å². The Morgan fingerprint density at radius 2 is 1.98 bits per heavy atom. The fourth-order valence-corrected chi connectivity index (χ4v) is 6.26. The number of hydrogen-bond donors (Lipinski definition) is 1. The molecule has 230 valence electrons. The summed E-state index contributed by atoms with van der Waals surface area (Å²) >= 11 is 0. The van der Waals surface area contributed by atoms with Crippen molar-refractivity contribution < 1.29 is 24.1 Å². The van der Waals surface area contributed by atoms with Crippen molar-refractivity contribution >= 4 is 5.97 Å². The van der Waals surface area contributed by atoms with Crippen LogP contribution in [-0.4, -0.2) is 62.6 Å². The number of carbonyl (C=O) groups is 1. The summed E-state index contributed by atoms with van der Waals surface area (Å²) in [6.45, 7) is 12.1. The van der Waals surface area contributed by atoms with E-state index in [-0.39, 0.29) is 17.5 Å². The Morgan fingerprint density at radius 3 is 2.75 bits per heavy atom. The lowest BCUT2D eigenvalue weighted by Crippen LogP contribution is -2.44. The minimum atomic E-state index is -1.11. The lowest BCUT2D eigenvalue weighted by atomic mass is 9.91. The van der Waals surface area contributed by atoms with Gasteiger partial charge in [-0.2, -0.15) is 9.78 Å². The average molecular weight is 597 g/mol. The van der Waals surface area contributed by atoms with Crippen LogP contribution in [0.4, 0.5) is 0 Å². The van der Waals surface area contributed by atoms with Crippen molar-refractivity contribution in [2.24, 2.45) is 0 Å². The van der Waals surface area contributed by atoms with Gasteiger partial charge < -0.3 is 19.3 Å². The van der Waals surface area contributed by atoms with Crippen LogP contribution < -0.4 is 9.47 Å². The van der Waals surface area contributed by atoms with Crippen LogP contribution in [0.2, 0.25) is 0 Å². The van der Waals surface area contributed by atoms with Crippen LogP contribution in [-0.2, 0) is 24.3 Å². The zero-order valence-electron chi connectivity index (χ0n) is 25.9. The minimum absolute atomic E-state index is 0.0124. The maximum Gasteiger partial charge on any atom is 0.342 e. The second kappa shape index (κ2) is 12.8. The van der Waals surface area contributed by atoms with Crippen molar-refractivity contribution in [3.8, 4) is 28.7 Å². The highest BCUT2D eigenvalue weighted by Crippen LogP contribution is 2.35. The molecule has 1 saturated heterocycles. The van der Waals surface area contributed by atoms with Crippen molar-refractivity contribution in [2.45, 2.75) is 72.3 Å². The molecule has 0 amide bonds. The molecule has 2 aliphatic rings. The third-order valence-corrected chi connectivity index (χ3v) is 8.60. The molecule has 6 rings (SSSR count). The highest BCUT2D eigenvalue weighted by Gasteiger charge is 2.27. The van der Waals surface area contributed by atoms with E-state index in [9.17, 15) is 9.90 Å². The number of rotatable bonds is 9. The fourth-order valence-electron chi connectivity index (χ4n) is 6.26. The van der Waals surface area contributed by atoms with E-state index in [0.717, 1.165) is 56.0 Å². The van der Waals surface area contributed by atoms with Crippen LogP contribution in [0.3, 0.4) is 0 Å². The molecular formula is C35H40N4O5. The van der Waals surface area contributed by atoms with Crippen LogP contribution >= 0.6 is 0 Å². The standard InChI is InChI=1S/C35H40N4O5/c1-22(2)44-34-30(35(40)41)18-36-39(34)32-12-6-11-31(37-32)29-10-5-8-23(3)33(29)43-20-26-14-13-25-19-38(16-15-28(25)24(26)4)27-9-7-17-42-21-27/h5-6,8,10-14,18,22,27H,7,9,15-17,19-21H2,1-4H3,(H,40,41). The van der Waals surface area contributed by atoms with Gasteiger partial charge in [0.2, 0.25) is 5.88 Å². The Kier molecular flexibility index (Phi) is 8.68. The fraction of sp³-hybridized carbons (Fsp3) is 0.400. The molecule has 1 N–H and O–H groups in total. The third-order valence-electron chi connectivity index (χ3n) is 8.60. The summed E-state index contributed by atoms with van der Waals surface area (Å²) in [6, 6.07) is 16.6. The molecule has 9 nitrogen and oxygen atoms in total. The number of nitrogens with zero attached hydrogens (tertiary/aromatic N) is 4. The summed E-state index contributed by atoms with van der Waals surface area (Å²) in [7, 11) is 0. The Bertz CT molecular complexity index is 1660. The molecule has 1 fully saturated rings. The third kappa shape index (κ3) is 6.07. The molecule has 0 aliphatic carbocycles. The predicted octanol–water partition coefficient (Wildman–Crippen LogP) is 6.15. The second-order valence-corrected chi connectivity index (χ2v) is 11.9. The predicted molar refractivity (Wildman–Crippen MR) is 168 cm³/mol. The molecule has 0 saturated carbocycles. The molecule has 1 unspecified atom stereocenters. The molecular weight excluding hydrogens is 556 g/mol. The number of benzene rings is 2. The lowest BCUT2D eigenvalue weighted by molar-refractivity contribution is 0.0125. The smallest absolute Gasteiger partial charge is 0.342 e. The molecule has 0 spiro atoms. The van der Waals surface area contributed by atoms with Crippen LogP contribution in [0.25, 0.3) is 17.1 Å². The molecule has 0 radical (unpaired) electrons. The molecule has 2 aromatic heterocycles. The van der Waals surface area contributed by atoms with Crippen molar-refractivity contribution in [2.75, 3.05) is 19.8 Å². The van der Waals surface area contributed by atoms with Gasteiger partial charge in [-0.25, -0.2) is 9.78 Å². The Morgan fingerprint density at radius 1 is 1.14 bits per heavy atom. The number of carboxylic acids is 1. The van der Waals surface area contributed by atoms with Gasteiger partial charge >= 0.3 is 5.97 Å². The number of aromatic carboxylic acids is 1. The monoisotopic (exact) mass is 596 g/mol. The first-order valence-electron chi connectivity index (χ1n) is 15.4. The SMILES string of the molecule is Cc1cccc(-c2cccc(-n3ncc(C(=O)O)c3OC(C)C)n2)c1OCc1ccc2c(c1C)CCN(C1CCCOC1)C2. The first-order valence-corrected chi connectivity index (χ1v) is 15.4. The number of para-hydroxylation sites is 1. The Hall–Kier alpha value is -4.21. The first-order chi connectivity index (χ1) is 21.3. The maximum atomic E-state index is 11.8. The number of pyridine rings is 1. The summed E-state index contributed by atoms with van der Waals surface area (Å²) in [6.07, 6.45) is 4.46. The van der Waals surface area contributed by atoms with Crippen molar-refractivity contribution in [3.63, 3.8) is 0 Å². The molecule has 2 aliphatic heterocycles. The summed E-state index contributed by atoms with van der Waals surface area (Å²) in [4.78, 5) is 19.3. The largest absolute Gasteiger partial charge is 0.488 e. The highest BCUT2D eigenvalue weighted by atomic mass is 16.5. The summed E-state index contributed by atoms with van der Waals surface area (Å²) < 4.78 is 19.6. The lowest BCUT2D eigenvalue weighted by Gasteiger charge is -2.38. The van der Waals surface area contributed by atoms with Gasteiger partial charge in [-0.3, -0.25) is 4.90 Å². The van der Waals surface area contributed by atoms with Crippen LogP contribution in [0.5, 0.6) is 11.6 Å². The summed E-state index contributed by atoms with van der Waals surface area (Å²) in [5.74, 6) is 0.266. The first kappa shape index (κ1) is 29.8. The molecule has 0 bridgehead atoms. The molecule has 1 atom stereocenters. The molecule has 9 heteroatoms. The van der Waals surface area contributed by atoms with Gasteiger partial charge in [-0.1, -0.05) is 30.3 Å². The van der Waals surface area contributed by atoms with Crippen LogP contribution in [0, 0.1) is 13.8 Å². The van der Waals surface area contributed by atoms with E-state index in [1.54, 1.807) is 6.07 Å². The number of hydrogen-bond acceptors (Lipinski definition) is 7. The van der Waals surface area contributed by atoms with Gasteiger partial charge in [0.25, 0.3) is 0 Å². The summed E-state index contributed by atoms with van der Waals surface area (Å²) in [5, 5.41) is 14.0. The zero-order valence-corrected chi connectivity index (χ0v) is 25.9. The van der Waals surface area contributed by atoms with Crippen molar-refractivity contribution in [1.82, 2.24) is 19.7 Å². The summed E-state index contributed by atoms with van der Waals surface area (Å²) in [5.41, 5.74) is 7.88. The van der Waals surface area contributed by atoms with Crippen LogP contribution in [0.15, 0.2) is 54.7 Å². The van der Waals surface area contributed by atoms with Crippen molar-refractivity contribution in [1.29, 1.82) is 0 Å². The molecule has 2 aromatic carbocycles. The second-order valence-electron chi connectivity index (χ2n) is 11.9. The number of ether oxygens (including phenoxy) is 3. The van der Waals surface area contributed by atoms with Gasteiger partial charge in [0, 0.05) is 31.3 Å². The van der Waals surface area contributed by atoms with E-state index in [0.29, 0.717) is 24.2 Å². The quantitative estimate of drug-likeness (QED) is 0.246. The Labute approximate surface area is 258 Å². The average Bonchev–Trinajstić information content (AvgIpc) is 3.44. The molecule has 44 heavy (non-hydrogen) atoms. The number of aryl methyl sites for hydroxylation is 1. The van der Waals surface area contributed by atoms with E-state index < -0.39 is 5.97 Å². The van der Waals surface area contributed by atoms with Gasteiger partial charge in [0.15, 0.2) is 5.82 Å². The normalized spacial score (nSPS) is 17.0. The number of aromatic nitrogens is 3. The molecule has 4 heterocycles. The number of fused-ring (bicyclic) bond motifs is 1. The van der Waals surface area contributed by atoms with E-state index >= 15 is 0 Å². The van der Waals surface area contributed by atoms with Crippen LogP contribution in [0.1, 0.15) is 64.9 Å². The van der Waals surface area contributed by atoms with Gasteiger partial charge in [-0.15, -0.1) is 0 Å². The van der Waals surface area contributed by atoms with Gasteiger partial charge in [-0.05, 0) is 93.0 Å². The van der Waals surface area contributed by atoms with E-state index in [1.807, 2.05) is 51.1 Å². The Balaban J connectivity index is 1.25. The van der Waals surface area contributed by atoms with Gasteiger partial charge in [0.05, 0.1) is 24.6 Å². The highest BCUT2D eigenvalue weighted by molar-refractivity contribution is 5.90. The zero-order chi connectivity index (χ0) is 30.8. The molecule has 4 aromatic rings.